The second-order valence-corrected chi connectivity index (χ2v) is 4.24. The molecule has 3 N–H and O–H groups in total. The quantitative estimate of drug-likeness (QED) is 0.496. The lowest BCUT2D eigenvalue weighted by Crippen LogP contribution is -2.42. The molecule has 0 aliphatic heterocycles. The van der Waals surface area contributed by atoms with Crippen molar-refractivity contribution in [2.24, 2.45) is 0 Å². The Kier molecular flexibility index (Phi) is 6.27. The van der Waals surface area contributed by atoms with Gasteiger partial charge in [0.25, 0.3) is 5.91 Å². The highest BCUT2D eigenvalue weighted by Crippen LogP contribution is 1.88. The maximum Gasteiger partial charge on any atom is 0.304 e. The predicted molar refractivity (Wildman–Crippen MR) is 52.1 cm³/mol. The summed E-state index contributed by atoms with van der Waals surface area (Å²) in [6.45, 7) is 1.21. The standard InChI is InChI=1S/C7H12N2O5S/c1-5(10)8-9-6(11)4-15(14)3-2-7(12)13/h2-4H2,1H3,(H,8,10)(H,9,11)(H,12,13). The molecule has 15 heavy (non-hydrogen) atoms. The van der Waals surface area contributed by atoms with Crippen molar-refractivity contribution in [2.45, 2.75) is 13.3 Å². The Bertz CT molecular complexity index is 263. The van der Waals surface area contributed by atoms with E-state index in [1.165, 1.54) is 6.92 Å². The van der Waals surface area contributed by atoms with Crippen LogP contribution in [-0.4, -0.2) is 38.6 Å². The third kappa shape index (κ3) is 8.88. The lowest BCUT2D eigenvalue weighted by atomic mass is 10.5. The zero-order valence-electron chi connectivity index (χ0n) is 8.11. The van der Waals surface area contributed by atoms with E-state index in [2.05, 4.69) is 0 Å². The first-order chi connectivity index (χ1) is 6.91. The predicted octanol–water partition coefficient (Wildman–Crippen LogP) is -1.62. The van der Waals surface area contributed by atoms with Crippen molar-refractivity contribution in [1.82, 2.24) is 10.9 Å². The molecule has 86 valence electrons. The third-order valence-electron chi connectivity index (χ3n) is 1.21. The van der Waals surface area contributed by atoms with Crippen molar-refractivity contribution in [3.63, 3.8) is 0 Å². The maximum absolute atomic E-state index is 11.1. The minimum absolute atomic E-state index is 0.0805. The molecular weight excluding hydrogens is 224 g/mol. The Hall–Kier alpha value is -1.44. The zero-order valence-corrected chi connectivity index (χ0v) is 8.93. The number of carbonyl (C=O) groups excluding carboxylic acids is 2. The van der Waals surface area contributed by atoms with E-state index in [0.29, 0.717) is 0 Å². The number of nitrogens with one attached hydrogen (secondary N) is 2. The van der Waals surface area contributed by atoms with Crippen molar-refractivity contribution >= 4 is 28.6 Å². The highest BCUT2D eigenvalue weighted by Gasteiger charge is 2.09. The van der Waals surface area contributed by atoms with Crippen LogP contribution in [0.2, 0.25) is 0 Å². The molecule has 0 rings (SSSR count). The van der Waals surface area contributed by atoms with Gasteiger partial charge in [-0.3, -0.25) is 29.4 Å². The first kappa shape index (κ1) is 13.6. The van der Waals surface area contributed by atoms with Crippen LogP contribution in [-0.2, 0) is 25.2 Å². The fourth-order valence-corrected chi connectivity index (χ4v) is 1.52. The molecule has 0 spiro atoms. The molecule has 2 amide bonds. The molecule has 0 aliphatic carbocycles. The highest BCUT2D eigenvalue weighted by atomic mass is 32.2. The SMILES string of the molecule is CC(=O)NNC(=O)CS(=O)CCC(=O)O. The summed E-state index contributed by atoms with van der Waals surface area (Å²) in [5.74, 6) is -2.53. The molecule has 0 heterocycles. The van der Waals surface area contributed by atoms with Gasteiger partial charge >= 0.3 is 5.97 Å². The number of hydrazine groups is 1. The number of rotatable bonds is 5. The average Bonchev–Trinajstić information content (AvgIpc) is 2.11. The monoisotopic (exact) mass is 236 g/mol. The van der Waals surface area contributed by atoms with Gasteiger partial charge in [-0.15, -0.1) is 0 Å². The smallest absolute Gasteiger partial charge is 0.304 e. The van der Waals surface area contributed by atoms with Gasteiger partial charge in [0.2, 0.25) is 5.91 Å². The van der Waals surface area contributed by atoms with Crippen LogP contribution in [0.4, 0.5) is 0 Å². The van der Waals surface area contributed by atoms with Gasteiger partial charge in [-0.25, -0.2) is 0 Å². The molecule has 0 fully saturated rings. The molecule has 1 unspecified atom stereocenters. The normalized spacial score (nSPS) is 11.5. The van der Waals surface area contributed by atoms with Gasteiger partial charge in [0, 0.05) is 23.5 Å². The summed E-state index contributed by atoms with van der Waals surface area (Å²) in [7, 11) is -1.53. The third-order valence-corrected chi connectivity index (χ3v) is 2.46. The number of amides is 2. The summed E-state index contributed by atoms with van der Waals surface area (Å²) in [4.78, 5) is 31.4. The van der Waals surface area contributed by atoms with Gasteiger partial charge in [0.05, 0.1) is 6.42 Å². The first-order valence-electron chi connectivity index (χ1n) is 4.04. The van der Waals surface area contributed by atoms with E-state index in [-0.39, 0.29) is 17.9 Å². The number of carbonyl (C=O) groups is 3. The van der Waals surface area contributed by atoms with Crippen LogP contribution in [0.25, 0.3) is 0 Å². The van der Waals surface area contributed by atoms with Crippen molar-refractivity contribution in [3.05, 3.63) is 0 Å². The summed E-state index contributed by atoms with van der Waals surface area (Å²) in [6.07, 6.45) is -0.250. The van der Waals surface area contributed by atoms with Crippen molar-refractivity contribution in [2.75, 3.05) is 11.5 Å². The average molecular weight is 236 g/mol. The Balaban J connectivity index is 3.71. The number of hydrogen-bond acceptors (Lipinski definition) is 4. The molecule has 0 aromatic rings. The summed E-state index contributed by atoms with van der Waals surface area (Å²) in [6, 6.07) is 0. The summed E-state index contributed by atoms with van der Waals surface area (Å²) in [5.41, 5.74) is 4.05. The van der Waals surface area contributed by atoms with Crippen LogP contribution < -0.4 is 10.9 Å². The van der Waals surface area contributed by atoms with Gasteiger partial charge in [-0.05, 0) is 0 Å². The Labute approximate surface area is 88.7 Å². The Morgan fingerprint density at radius 2 is 1.87 bits per heavy atom. The first-order valence-corrected chi connectivity index (χ1v) is 5.53. The van der Waals surface area contributed by atoms with E-state index in [1.54, 1.807) is 0 Å². The van der Waals surface area contributed by atoms with Crippen LogP contribution in [0.3, 0.4) is 0 Å². The minimum atomic E-state index is -1.53. The second kappa shape index (κ2) is 6.93. The summed E-state index contributed by atoms with van der Waals surface area (Å²) < 4.78 is 11.1. The lowest BCUT2D eigenvalue weighted by molar-refractivity contribution is -0.136. The zero-order chi connectivity index (χ0) is 11.8. The molecular formula is C7H12N2O5S. The van der Waals surface area contributed by atoms with Crippen molar-refractivity contribution in [1.29, 1.82) is 0 Å². The van der Waals surface area contributed by atoms with Gasteiger partial charge in [-0.1, -0.05) is 0 Å². The van der Waals surface area contributed by atoms with Gasteiger partial charge in [0.1, 0.15) is 5.75 Å². The van der Waals surface area contributed by atoms with Gasteiger partial charge in [-0.2, -0.15) is 0 Å². The number of carboxylic acid groups (broad SMARTS) is 1. The minimum Gasteiger partial charge on any atom is -0.481 e. The van der Waals surface area contributed by atoms with Gasteiger partial charge in [0.15, 0.2) is 0 Å². The van der Waals surface area contributed by atoms with E-state index < -0.39 is 28.6 Å². The highest BCUT2D eigenvalue weighted by molar-refractivity contribution is 7.85. The molecule has 8 heteroatoms. The van der Waals surface area contributed by atoms with Crippen LogP contribution >= 0.6 is 0 Å². The van der Waals surface area contributed by atoms with Crippen LogP contribution in [0.5, 0.6) is 0 Å². The largest absolute Gasteiger partial charge is 0.481 e. The Morgan fingerprint density at radius 1 is 1.27 bits per heavy atom. The summed E-state index contributed by atoms with van der Waals surface area (Å²) >= 11 is 0. The van der Waals surface area contributed by atoms with Crippen molar-refractivity contribution in [3.8, 4) is 0 Å². The van der Waals surface area contributed by atoms with E-state index in [1.807, 2.05) is 10.9 Å². The van der Waals surface area contributed by atoms with Gasteiger partial charge < -0.3 is 5.11 Å². The topological polar surface area (TPSA) is 113 Å². The number of carboxylic acids is 1. The van der Waals surface area contributed by atoms with E-state index in [0.717, 1.165) is 0 Å². The molecule has 0 radical (unpaired) electrons. The van der Waals surface area contributed by atoms with E-state index >= 15 is 0 Å². The molecule has 0 aliphatic rings. The summed E-state index contributed by atoms with van der Waals surface area (Å²) in [5, 5.41) is 8.28. The fourth-order valence-electron chi connectivity index (χ4n) is 0.613. The van der Waals surface area contributed by atoms with E-state index in [9.17, 15) is 18.6 Å². The molecule has 0 saturated heterocycles. The van der Waals surface area contributed by atoms with E-state index in [4.69, 9.17) is 5.11 Å². The Morgan fingerprint density at radius 3 is 2.33 bits per heavy atom. The molecule has 0 aromatic carbocycles. The number of aliphatic carboxylic acids is 1. The van der Waals surface area contributed by atoms with Crippen LogP contribution in [0.1, 0.15) is 13.3 Å². The molecule has 0 aromatic heterocycles. The second-order valence-electron chi connectivity index (χ2n) is 2.66. The number of hydrogen-bond donors (Lipinski definition) is 3. The molecule has 7 nitrogen and oxygen atoms in total. The van der Waals surface area contributed by atoms with Crippen molar-refractivity contribution < 1.29 is 23.7 Å². The van der Waals surface area contributed by atoms with Crippen LogP contribution in [0, 0.1) is 0 Å². The lowest BCUT2D eigenvalue weighted by Gasteiger charge is -2.04. The maximum atomic E-state index is 11.1. The molecule has 1 atom stereocenters. The fraction of sp³-hybridized carbons (Fsp3) is 0.571. The molecule has 0 saturated carbocycles. The van der Waals surface area contributed by atoms with Crippen LogP contribution in [0.15, 0.2) is 0 Å². The molecule has 0 bridgehead atoms.